The van der Waals surface area contributed by atoms with E-state index in [1.54, 1.807) is 36.1 Å². The molecule has 1 amide bonds. The summed E-state index contributed by atoms with van der Waals surface area (Å²) >= 11 is 0. The summed E-state index contributed by atoms with van der Waals surface area (Å²) in [7, 11) is 3.03. The molecule has 8 heteroatoms. The zero-order chi connectivity index (χ0) is 22.4. The number of hydrogen-bond donors (Lipinski definition) is 1. The molecule has 0 aromatic heterocycles. The van der Waals surface area contributed by atoms with Crippen molar-refractivity contribution in [3.8, 4) is 11.5 Å². The maximum absolute atomic E-state index is 14.0. The van der Waals surface area contributed by atoms with Gasteiger partial charge in [-0.3, -0.25) is 9.79 Å². The zero-order valence-electron chi connectivity index (χ0n) is 17.7. The SMILES string of the molecule is COc1ccc(C(=O)N(CC2=NCCN2)C/C(C)=C/c2ccc(F)cc2F)cc1OC. The second kappa shape index (κ2) is 10.1. The van der Waals surface area contributed by atoms with Crippen LogP contribution in [0, 0.1) is 11.6 Å². The van der Waals surface area contributed by atoms with Gasteiger partial charge in [0.2, 0.25) is 0 Å². The van der Waals surface area contributed by atoms with Crippen molar-refractivity contribution in [2.75, 3.05) is 40.4 Å². The Labute approximate surface area is 180 Å². The predicted molar refractivity (Wildman–Crippen MR) is 116 cm³/mol. The summed E-state index contributed by atoms with van der Waals surface area (Å²) in [4.78, 5) is 19.3. The second-order valence-corrected chi connectivity index (χ2v) is 7.14. The lowest BCUT2D eigenvalue weighted by Crippen LogP contribution is -2.40. The number of carbonyl (C=O) groups excluding carboxylic acids is 1. The van der Waals surface area contributed by atoms with Gasteiger partial charge in [-0.15, -0.1) is 0 Å². The summed E-state index contributed by atoms with van der Waals surface area (Å²) in [5.74, 6) is 0.168. The molecule has 0 bridgehead atoms. The molecule has 0 fully saturated rings. The van der Waals surface area contributed by atoms with E-state index in [-0.39, 0.29) is 24.6 Å². The van der Waals surface area contributed by atoms with Crippen LogP contribution in [0.15, 0.2) is 47.0 Å². The van der Waals surface area contributed by atoms with Gasteiger partial charge in [-0.05, 0) is 37.3 Å². The number of carbonyl (C=O) groups is 1. The topological polar surface area (TPSA) is 63.2 Å². The van der Waals surface area contributed by atoms with Crippen molar-refractivity contribution in [2.24, 2.45) is 4.99 Å². The summed E-state index contributed by atoms with van der Waals surface area (Å²) in [6.07, 6.45) is 1.60. The second-order valence-electron chi connectivity index (χ2n) is 7.14. The average molecular weight is 429 g/mol. The van der Waals surface area contributed by atoms with Gasteiger partial charge in [0.25, 0.3) is 5.91 Å². The molecule has 2 aromatic rings. The molecule has 0 unspecified atom stereocenters. The Morgan fingerprint density at radius 1 is 1.16 bits per heavy atom. The summed E-state index contributed by atoms with van der Waals surface area (Å²) in [5, 5.41) is 3.16. The highest BCUT2D eigenvalue weighted by Crippen LogP contribution is 2.28. The molecule has 0 saturated carbocycles. The number of nitrogens with zero attached hydrogens (tertiary/aromatic N) is 2. The van der Waals surface area contributed by atoms with Crippen LogP contribution < -0.4 is 14.8 Å². The molecule has 164 valence electrons. The molecule has 0 radical (unpaired) electrons. The van der Waals surface area contributed by atoms with Gasteiger partial charge in [0, 0.05) is 30.3 Å². The van der Waals surface area contributed by atoms with Crippen molar-refractivity contribution >= 4 is 17.8 Å². The minimum absolute atomic E-state index is 0.232. The third-order valence-corrected chi connectivity index (χ3v) is 4.81. The van der Waals surface area contributed by atoms with E-state index in [1.807, 2.05) is 0 Å². The molecule has 1 aliphatic heterocycles. The van der Waals surface area contributed by atoms with Gasteiger partial charge in [0.05, 0.1) is 27.3 Å². The number of methoxy groups -OCH3 is 2. The molecule has 1 N–H and O–H groups in total. The third-order valence-electron chi connectivity index (χ3n) is 4.81. The maximum Gasteiger partial charge on any atom is 0.254 e. The van der Waals surface area contributed by atoms with Gasteiger partial charge >= 0.3 is 0 Å². The Balaban J connectivity index is 1.87. The summed E-state index contributed by atoms with van der Waals surface area (Å²) in [6.45, 7) is 3.70. The molecule has 2 aromatic carbocycles. The van der Waals surface area contributed by atoms with Crippen LogP contribution in [0.1, 0.15) is 22.8 Å². The molecule has 0 atom stereocenters. The Bertz CT molecular complexity index is 1020. The van der Waals surface area contributed by atoms with Crippen molar-refractivity contribution in [1.82, 2.24) is 10.2 Å². The van der Waals surface area contributed by atoms with E-state index in [4.69, 9.17) is 9.47 Å². The van der Waals surface area contributed by atoms with Crippen molar-refractivity contribution in [3.63, 3.8) is 0 Å². The Kier molecular flexibility index (Phi) is 7.23. The van der Waals surface area contributed by atoms with Crippen LogP contribution in [0.3, 0.4) is 0 Å². The number of hydrogen-bond acceptors (Lipinski definition) is 5. The maximum atomic E-state index is 14.0. The number of nitrogens with one attached hydrogen (secondary N) is 1. The Morgan fingerprint density at radius 3 is 2.58 bits per heavy atom. The van der Waals surface area contributed by atoms with Gasteiger partial charge in [0.15, 0.2) is 11.5 Å². The molecular formula is C23H25F2N3O3. The molecule has 6 nitrogen and oxygen atoms in total. The fourth-order valence-corrected chi connectivity index (χ4v) is 3.32. The molecule has 0 saturated heterocycles. The van der Waals surface area contributed by atoms with Crippen LogP contribution in [0.4, 0.5) is 8.78 Å². The lowest BCUT2D eigenvalue weighted by molar-refractivity contribution is 0.0791. The van der Waals surface area contributed by atoms with E-state index >= 15 is 0 Å². The van der Waals surface area contributed by atoms with Crippen LogP contribution in [-0.4, -0.2) is 57.0 Å². The fraction of sp³-hybridized carbons (Fsp3) is 0.304. The third kappa shape index (κ3) is 5.59. The van der Waals surface area contributed by atoms with E-state index in [0.717, 1.165) is 24.0 Å². The molecule has 1 heterocycles. The highest BCUT2D eigenvalue weighted by Gasteiger charge is 2.21. The minimum Gasteiger partial charge on any atom is -0.493 e. The lowest BCUT2D eigenvalue weighted by atomic mass is 10.1. The molecule has 31 heavy (non-hydrogen) atoms. The van der Waals surface area contributed by atoms with E-state index in [1.165, 1.54) is 26.4 Å². The number of amidine groups is 1. The van der Waals surface area contributed by atoms with Crippen LogP contribution in [0.5, 0.6) is 11.5 Å². The lowest BCUT2D eigenvalue weighted by Gasteiger charge is -2.24. The van der Waals surface area contributed by atoms with Crippen molar-refractivity contribution in [1.29, 1.82) is 0 Å². The molecule has 1 aliphatic rings. The number of benzene rings is 2. The summed E-state index contributed by atoms with van der Waals surface area (Å²) in [6, 6.07) is 8.37. The first-order chi connectivity index (χ1) is 14.9. The number of amides is 1. The van der Waals surface area contributed by atoms with Crippen LogP contribution in [0.2, 0.25) is 0 Å². The van der Waals surface area contributed by atoms with Crippen molar-refractivity contribution in [3.05, 3.63) is 64.7 Å². The molecule has 3 rings (SSSR count). The average Bonchev–Trinajstić information content (AvgIpc) is 3.27. The quantitative estimate of drug-likeness (QED) is 0.698. The molecule has 0 aliphatic carbocycles. The van der Waals surface area contributed by atoms with Crippen LogP contribution in [0.25, 0.3) is 6.08 Å². The van der Waals surface area contributed by atoms with E-state index < -0.39 is 11.6 Å². The van der Waals surface area contributed by atoms with Crippen molar-refractivity contribution in [2.45, 2.75) is 6.92 Å². The van der Waals surface area contributed by atoms with E-state index in [9.17, 15) is 13.6 Å². The first kappa shape index (κ1) is 22.3. The summed E-state index contributed by atoms with van der Waals surface area (Å²) < 4.78 is 37.8. The number of ether oxygens (including phenoxy) is 2. The first-order valence-electron chi connectivity index (χ1n) is 9.82. The normalized spacial score (nSPS) is 13.5. The Hall–Kier alpha value is -3.42. The van der Waals surface area contributed by atoms with Gasteiger partial charge in [-0.25, -0.2) is 8.78 Å². The number of halogens is 2. The predicted octanol–water partition coefficient (Wildman–Crippen LogP) is 3.53. The highest BCUT2D eigenvalue weighted by atomic mass is 19.1. The van der Waals surface area contributed by atoms with Gasteiger partial charge < -0.3 is 19.7 Å². The van der Waals surface area contributed by atoms with Gasteiger partial charge in [-0.1, -0.05) is 11.6 Å². The standard InChI is InChI=1S/C23H25F2N3O3/c1-15(10-16-4-6-18(24)12-19(16)25)13-28(14-22-26-8-9-27-22)23(29)17-5-7-20(30-2)21(11-17)31-3/h4-7,10-12H,8-9,13-14H2,1-3H3,(H,26,27)/b15-10+. The monoisotopic (exact) mass is 429 g/mol. The zero-order valence-corrected chi connectivity index (χ0v) is 17.7. The molecule has 0 spiro atoms. The van der Waals surface area contributed by atoms with Gasteiger partial charge in [0.1, 0.15) is 17.5 Å². The number of rotatable bonds is 8. The van der Waals surface area contributed by atoms with Crippen molar-refractivity contribution < 1.29 is 23.0 Å². The van der Waals surface area contributed by atoms with E-state index in [2.05, 4.69) is 10.3 Å². The Morgan fingerprint density at radius 2 is 1.94 bits per heavy atom. The molecular weight excluding hydrogens is 404 g/mol. The van der Waals surface area contributed by atoms with Crippen LogP contribution in [-0.2, 0) is 0 Å². The smallest absolute Gasteiger partial charge is 0.254 e. The highest BCUT2D eigenvalue weighted by molar-refractivity contribution is 5.98. The van der Waals surface area contributed by atoms with Crippen LogP contribution >= 0.6 is 0 Å². The first-order valence-corrected chi connectivity index (χ1v) is 9.82. The largest absolute Gasteiger partial charge is 0.493 e. The minimum atomic E-state index is -0.654. The van der Waals surface area contributed by atoms with E-state index in [0.29, 0.717) is 23.6 Å². The number of aliphatic imine (C=N–C) groups is 1. The fourth-order valence-electron chi connectivity index (χ4n) is 3.32. The summed E-state index contributed by atoms with van der Waals surface area (Å²) in [5.41, 5.74) is 1.42. The van der Waals surface area contributed by atoms with Gasteiger partial charge in [-0.2, -0.15) is 0 Å².